The molecule has 5 nitrogen and oxygen atoms in total. The fraction of sp³-hybridized carbons (Fsp3) is 0.667. The standard InChI is InChI=1S/C12H18N2O3S/c1-8-10(5-12(15)16)18-11(14-8)7-13-6-9-3-2-4-17-9/h9,13H,2-7H2,1H3,(H,15,16). The van der Waals surface area contributed by atoms with E-state index in [0.717, 1.165) is 41.6 Å². The molecule has 2 heterocycles. The molecule has 0 bridgehead atoms. The molecule has 0 amide bonds. The Morgan fingerprint density at radius 2 is 2.50 bits per heavy atom. The third-order valence-corrected chi connectivity index (χ3v) is 4.08. The van der Waals surface area contributed by atoms with Crippen LogP contribution in [0.5, 0.6) is 0 Å². The first-order valence-corrected chi connectivity index (χ1v) is 6.96. The summed E-state index contributed by atoms with van der Waals surface area (Å²) in [5, 5.41) is 13.0. The number of thiazole rings is 1. The van der Waals surface area contributed by atoms with Gasteiger partial charge in [-0.3, -0.25) is 4.79 Å². The number of aromatic nitrogens is 1. The van der Waals surface area contributed by atoms with Gasteiger partial charge < -0.3 is 15.2 Å². The number of ether oxygens (including phenoxy) is 1. The molecule has 1 aromatic rings. The predicted molar refractivity (Wildman–Crippen MR) is 68.9 cm³/mol. The van der Waals surface area contributed by atoms with Gasteiger partial charge in [0.05, 0.1) is 18.2 Å². The Bertz CT molecular complexity index is 413. The molecule has 0 aliphatic carbocycles. The lowest BCUT2D eigenvalue weighted by Crippen LogP contribution is -2.25. The number of carbonyl (C=O) groups is 1. The largest absolute Gasteiger partial charge is 0.481 e. The molecular weight excluding hydrogens is 252 g/mol. The first-order valence-electron chi connectivity index (χ1n) is 6.14. The molecule has 0 aromatic carbocycles. The highest BCUT2D eigenvalue weighted by atomic mass is 32.1. The maximum atomic E-state index is 10.7. The highest BCUT2D eigenvalue weighted by Crippen LogP contribution is 2.19. The number of hydrogen-bond acceptors (Lipinski definition) is 5. The molecule has 1 atom stereocenters. The van der Waals surface area contributed by atoms with Crippen LogP contribution in [0, 0.1) is 6.92 Å². The van der Waals surface area contributed by atoms with Gasteiger partial charge in [-0.25, -0.2) is 4.98 Å². The van der Waals surface area contributed by atoms with Gasteiger partial charge in [-0.15, -0.1) is 11.3 Å². The van der Waals surface area contributed by atoms with Crippen molar-refractivity contribution in [3.8, 4) is 0 Å². The minimum Gasteiger partial charge on any atom is -0.481 e. The van der Waals surface area contributed by atoms with Gasteiger partial charge in [-0.2, -0.15) is 0 Å². The Labute approximate surface area is 110 Å². The predicted octanol–water partition coefficient (Wildman–Crippen LogP) is 1.35. The summed E-state index contributed by atoms with van der Waals surface area (Å²) < 4.78 is 5.52. The Kier molecular flexibility index (Phi) is 4.68. The van der Waals surface area contributed by atoms with Gasteiger partial charge >= 0.3 is 5.97 Å². The van der Waals surface area contributed by atoms with Crippen LogP contribution < -0.4 is 5.32 Å². The first kappa shape index (κ1) is 13.5. The Morgan fingerprint density at radius 3 is 3.17 bits per heavy atom. The summed E-state index contributed by atoms with van der Waals surface area (Å²) in [6.45, 7) is 4.25. The van der Waals surface area contributed by atoms with Crippen molar-refractivity contribution in [2.24, 2.45) is 0 Å². The van der Waals surface area contributed by atoms with E-state index in [4.69, 9.17) is 9.84 Å². The maximum absolute atomic E-state index is 10.7. The lowest BCUT2D eigenvalue weighted by Gasteiger charge is -2.09. The van der Waals surface area contributed by atoms with Crippen molar-refractivity contribution in [2.45, 2.75) is 38.8 Å². The van der Waals surface area contributed by atoms with Crippen molar-refractivity contribution >= 4 is 17.3 Å². The zero-order valence-corrected chi connectivity index (χ0v) is 11.3. The monoisotopic (exact) mass is 270 g/mol. The lowest BCUT2D eigenvalue weighted by atomic mass is 10.2. The van der Waals surface area contributed by atoms with E-state index in [2.05, 4.69) is 10.3 Å². The van der Waals surface area contributed by atoms with E-state index in [1.165, 1.54) is 11.3 Å². The summed E-state index contributed by atoms with van der Waals surface area (Å²) in [6.07, 6.45) is 2.65. The van der Waals surface area contributed by atoms with Gasteiger partial charge in [0.25, 0.3) is 0 Å². The van der Waals surface area contributed by atoms with Crippen molar-refractivity contribution in [2.75, 3.05) is 13.2 Å². The van der Waals surface area contributed by atoms with E-state index in [0.29, 0.717) is 12.6 Å². The van der Waals surface area contributed by atoms with E-state index < -0.39 is 5.97 Å². The second-order valence-electron chi connectivity index (χ2n) is 4.45. The van der Waals surface area contributed by atoms with Crippen LogP contribution in [-0.2, 0) is 22.5 Å². The molecule has 1 fully saturated rings. The molecule has 18 heavy (non-hydrogen) atoms. The molecule has 2 rings (SSSR count). The van der Waals surface area contributed by atoms with Gasteiger partial charge in [-0.1, -0.05) is 0 Å². The molecule has 6 heteroatoms. The summed E-state index contributed by atoms with van der Waals surface area (Å²) in [4.78, 5) is 15.9. The number of carboxylic acids is 1. The first-order chi connectivity index (χ1) is 8.65. The van der Waals surface area contributed by atoms with Crippen LogP contribution in [0.4, 0.5) is 0 Å². The molecule has 100 valence electrons. The zero-order chi connectivity index (χ0) is 13.0. The number of rotatable bonds is 6. The van der Waals surface area contributed by atoms with E-state index in [-0.39, 0.29) is 6.42 Å². The fourth-order valence-electron chi connectivity index (χ4n) is 2.01. The zero-order valence-electron chi connectivity index (χ0n) is 10.4. The van der Waals surface area contributed by atoms with Gasteiger partial charge in [0, 0.05) is 24.6 Å². The molecule has 0 radical (unpaired) electrons. The average molecular weight is 270 g/mol. The van der Waals surface area contributed by atoms with E-state index >= 15 is 0 Å². The second kappa shape index (κ2) is 6.26. The van der Waals surface area contributed by atoms with Gasteiger partial charge in [0.15, 0.2) is 0 Å². The Hall–Kier alpha value is -0.980. The van der Waals surface area contributed by atoms with E-state index in [1.807, 2.05) is 6.92 Å². The van der Waals surface area contributed by atoms with Crippen LogP contribution in [0.25, 0.3) is 0 Å². The van der Waals surface area contributed by atoms with Gasteiger partial charge in [-0.05, 0) is 19.8 Å². The number of hydrogen-bond donors (Lipinski definition) is 2. The number of aliphatic carboxylic acids is 1. The smallest absolute Gasteiger partial charge is 0.308 e. The molecule has 0 saturated carbocycles. The van der Waals surface area contributed by atoms with Crippen LogP contribution in [0.2, 0.25) is 0 Å². The fourth-order valence-corrected chi connectivity index (χ4v) is 3.04. The van der Waals surface area contributed by atoms with Crippen molar-refractivity contribution in [3.05, 3.63) is 15.6 Å². The highest BCUT2D eigenvalue weighted by Gasteiger charge is 2.15. The molecule has 1 aliphatic rings. The minimum atomic E-state index is -0.805. The van der Waals surface area contributed by atoms with Crippen LogP contribution in [0.3, 0.4) is 0 Å². The van der Waals surface area contributed by atoms with Crippen molar-refractivity contribution in [1.29, 1.82) is 0 Å². The SMILES string of the molecule is Cc1nc(CNCC2CCCO2)sc1CC(=O)O. The highest BCUT2D eigenvalue weighted by molar-refractivity contribution is 7.11. The number of aryl methyl sites for hydroxylation is 1. The van der Waals surface area contributed by atoms with Crippen LogP contribution >= 0.6 is 11.3 Å². The van der Waals surface area contributed by atoms with Gasteiger partial charge in [0.2, 0.25) is 0 Å². The maximum Gasteiger partial charge on any atom is 0.308 e. The van der Waals surface area contributed by atoms with Crippen LogP contribution in [0.1, 0.15) is 28.4 Å². The molecule has 1 unspecified atom stereocenters. The van der Waals surface area contributed by atoms with E-state index in [1.54, 1.807) is 0 Å². The molecule has 1 aromatic heterocycles. The third-order valence-electron chi connectivity index (χ3n) is 2.92. The lowest BCUT2D eigenvalue weighted by molar-refractivity contribution is -0.136. The van der Waals surface area contributed by atoms with E-state index in [9.17, 15) is 4.79 Å². The topological polar surface area (TPSA) is 71.5 Å². The number of carboxylic acid groups (broad SMARTS) is 1. The Balaban J connectivity index is 1.80. The van der Waals surface area contributed by atoms with Gasteiger partial charge in [0.1, 0.15) is 5.01 Å². The normalized spacial score (nSPS) is 19.3. The summed E-state index contributed by atoms with van der Waals surface area (Å²) in [5.41, 5.74) is 0.830. The molecule has 0 spiro atoms. The molecular formula is C12H18N2O3S. The second-order valence-corrected chi connectivity index (χ2v) is 5.62. The van der Waals surface area contributed by atoms with Crippen molar-refractivity contribution in [1.82, 2.24) is 10.3 Å². The number of nitrogens with zero attached hydrogens (tertiary/aromatic N) is 1. The molecule has 2 N–H and O–H groups in total. The minimum absolute atomic E-state index is 0.0647. The van der Waals surface area contributed by atoms with Crippen molar-refractivity contribution in [3.63, 3.8) is 0 Å². The van der Waals surface area contributed by atoms with Crippen LogP contribution in [-0.4, -0.2) is 35.3 Å². The quantitative estimate of drug-likeness (QED) is 0.816. The van der Waals surface area contributed by atoms with Crippen molar-refractivity contribution < 1.29 is 14.6 Å². The summed E-state index contributed by atoms with van der Waals surface area (Å²) >= 11 is 1.48. The average Bonchev–Trinajstić information content (AvgIpc) is 2.90. The summed E-state index contributed by atoms with van der Waals surface area (Å²) in [5.74, 6) is -0.805. The summed E-state index contributed by atoms with van der Waals surface area (Å²) in [6, 6.07) is 0. The number of nitrogens with one attached hydrogen (secondary N) is 1. The molecule has 1 saturated heterocycles. The summed E-state index contributed by atoms with van der Waals surface area (Å²) in [7, 11) is 0. The Morgan fingerprint density at radius 1 is 1.67 bits per heavy atom. The third kappa shape index (κ3) is 3.76. The van der Waals surface area contributed by atoms with Crippen LogP contribution in [0.15, 0.2) is 0 Å². The molecule has 1 aliphatic heterocycles.